The van der Waals surface area contributed by atoms with E-state index < -0.39 is 15.6 Å². The molecule has 0 spiro atoms. The van der Waals surface area contributed by atoms with Gasteiger partial charge in [-0.15, -0.1) is 5.92 Å². The number of hydrogen-bond acceptors (Lipinski definition) is 0. The Morgan fingerprint density at radius 2 is 1.55 bits per heavy atom. The predicted octanol–water partition coefficient (Wildman–Crippen LogP) is 5.80. The van der Waals surface area contributed by atoms with Crippen molar-refractivity contribution in [2.24, 2.45) is 0 Å². The van der Waals surface area contributed by atoms with Crippen LogP contribution < -0.4 is 5.30 Å². The van der Waals surface area contributed by atoms with Crippen LogP contribution in [-0.2, 0) is 0 Å². The molecule has 1 fully saturated rings. The van der Waals surface area contributed by atoms with E-state index in [-0.39, 0.29) is 0 Å². The Morgan fingerprint density at radius 1 is 0.955 bits per heavy atom. The largest absolute Gasteiger partial charge is 0.514 e. The molecule has 2 unspecified atom stereocenters. The van der Waals surface area contributed by atoms with Gasteiger partial charge >= 0.3 is 0 Å². The fourth-order valence-electron chi connectivity index (χ4n) is 3.31. The van der Waals surface area contributed by atoms with Crippen molar-refractivity contribution in [3.8, 4) is 0 Å². The molecule has 0 N–H and O–H groups in total. The lowest BCUT2D eigenvalue weighted by Gasteiger charge is -2.50. The van der Waals surface area contributed by atoms with Crippen LogP contribution >= 0.6 is 7.41 Å². The maximum absolute atomic E-state index is 5.48. The van der Waals surface area contributed by atoms with E-state index in [1.807, 2.05) is 0 Å². The molecule has 1 saturated heterocycles. The van der Waals surface area contributed by atoms with Gasteiger partial charge in [0.05, 0.1) is 5.30 Å². The molecule has 0 amide bonds. The summed E-state index contributed by atoms with van der Waals surface area (Å²) in [5, 5.41) is 1.47. The highest BCUT2D eigenvalue weighted by Gasteiger charge is 2.33. The van der Waals surface area contributed by atoms with Gasteiger partial charge in [0.25, 0.3) is 0 Å². The first-order valence-corrected chi connectivity index (χ1v) is 13.5. The molecule has 3 rings (SSSR count). The summed E-state index contributed by atoms with van der Waals surface area (Å²) in [7, 11) is -2.95. The summed E-state index contributed by atoms with van der Waals surface area (Å²) in [6.45, 7) is 7.09. The number of rotatable bonds is 4. The molecule has 3 heteroatoms. The zero-order valence-corrected chi connectivity index (χ0v) is 15.6. The van der Waals surface area contributed by atoms with Gasteiger partial charge < -0.3 is 4.75 Å². The molecule has 116 valence electrons. The summed E-state index contributed by atoms with van der Waals surface area (Å²) in [6.07, 6.45) is 5.09. The molecule has 2 aromatic carbocycles. The third-order valence-corrected chi connectivity index (χ3v) is 10.9. The van der Waals surface area contributed by atoms with E-state index in [0.717, 1.165) is 0 Å². The fourth-order valence-corrected chi connectivity index (χ4v) is 11.6. The van der Waals surface area contributed by atoms with Gasteiger partial charge in [-0.25, -0.2) is 0 Å². The van der Waals surface area contributed by atoms with Gasteiger partial charge in [0, 0.05) is 6.16 Å². The lowest BCUT2D eigenvalue weighted by Crippen LogP contribution is -2.24. The molecular weight excluding hydrogens is 301 g/mol. The maximum Gasteiger partial charge on any atom is 0.0504 e. The van der Waals surface area contributed by atoms with Crippen molar-refractivity contribution in [1.82, 2.24) is 0 Å². The first kappa shape index (κ1) is 15.9. The summed E-state index contributed by atoms with van der Waals surface area (Å²) in [6, 6.07) is 22.0. The maximum atomic E-state index is 5.48. The minimum absolute atomic E-state index is 0.565. The van der Waals surface area contributed by atoms with Crippen LogP contribution in [0.4, 0.5) is 0 Å². The summed E-state index contributed by atoms with van der Waals surface area (Å²) < 4.78 is 5.48. The molecule has 0 aromatic heterocycles. The van der Waals surface area contributed by atoms with Crippen LogP contribution in [0.25, 0.3) is 4.75 Å². The van der Waals surface area contributed by atoms with Gasteiger partial charge in [-0.3, -0.25) is 0 Å². The molecule has 0 aliphatic carbocycles. The van der Waals surface area contributed by atoms with Crippen molar-refractivity contribution in [2.45, 2.75) is 32.0 Å². The monoisotopic (exact) mass is 326 g/mol. The second-order valence-corrected chi connectivity index (χ2v) is 15.2. The summed E-state index contributed by atoms with van der Waals surface area (Å²) >= 11 is 0. The highest BCUT2D eigenvalue weighted by Crippen LogP contribution is 2.74. The Labute approximate surface area is 136 Å². The van der Waals surface area contributed by atoms with E-state index in [1.165, 1.54) is 23.5 Å². The van der Waals surface area contributed by atoms with Crippen LogP contribution in [0.5, 0.6) is 0 Å². The Hall–Kier alpha value is -0.953. The second-order valence-electron chi connectivity index (χ2n) is 7.11. The Kier molecular flexibility index (Phi) is 4.54. The van der Waals surface area contributed by atoms with Gasteiger partial charge in [-0.2, -0.15) is 13.6 Å². The Bertz CT molecular complexity index is 608. The molecule has 0 saturated carbocycles. The quantitative estimate of drug-likeness (QED) is 0.383. The minimum Gasteiger partial charge on any atom is -0.514 e. The van der Waals surface area contributed by atoms with Crippen molar-refractivity contribution >= 4 is 21.0 Å². The standard InChI is InChI=1S/C19H25NPSi/c1-22(2,3)20-21(19-12-8-5-9-13-19)15-14-18(16-21)17-10-6-4-7-11-17/h4-13,16,18H,14-15H2,1-3H3/q-1. The zero-order chi connectivity index (χ0) is 15.6. The van der Waals surface area contributed by atoms with Crippen LogP contribution in [0.1, 0.15) is 17.9 Å². The predicted molar refractivity (Wildman–Crippen MR) is 103 cm³/mol. The first-order chi connectivity index (χ1) is 10.5. The lowest BCUT2D eigenvalue weighted by molar-refractivity contribution is 0.825. The number of benzene rings is 2. The van der Waals surface area contributed by atoms with Crippen molar-refractivity contribution in [3.05, 3.63) is 77.1 Å². The van der Waals surface area contributed by atoms with E-state index in [4.69, 9.17) is 4.75 Å². The normalized spacial score (nSPS) is 25.3. The molecular formula is C19H25NPSi-. The molecule has 2 atom stereocenters. The molecule has 1 heterocycles. The van der Waals surface area contributed by atoms with Crippen molar-refractivity contribution in [1.29, 1.82) is 0 Å². The molecule has 22 heavy (non-hydrogen) atoms. The molecule has 1 aliphatic heterocycles. The van der Waals surface area contributed by atoms with Crippen molar-refractivity contribution < 1.29 is 0 Å². The average molecular weight is 326 g/mol. The minimum atomic E-state index is -1.48. The number of hydrogen-bond donors (Lipinski definition) is 0. The van der Waals surface area contributed by atoms with E-state index in [9.17, 15) is 0 Å². The van der Waals surface area contributed by atoms with E-state index in [1.54, 1.807) is 0 Å². The van der Waals surface area contributed by atoms with Crippen LogP contribution in [0.2, 0.25) is 19.6 Å². The van der Waals surface area contributed by atoms with E-state index >= 15 is 0 Å². The van der Waals surface area contributed by atoms with Crippen molar-refractivity contribution in [2.75, 3.05) is 6.16 Å². The van der Waals surface area contributed by atoms with Crippen LogP contribution in [0.3, 0.4) is 0 Å². The van der Waals surface area contributed by atoms with Gasteiger partial charge in [0.15, 0.2) is 0 Å². The first-order valence-electron chi connectivity index (χ1n) is 8.07. The summed E-state index contributed by atoms with van der Waals surface area (Å²) in [4.78, 5) is 0. The molecule has 1 aliphatic rings. The lowest BCUT2D eigenvalue weighted by atomic mass is 9.99. The summed E-state index contributed by atoms with van der Waals surface area (Å²) in [5.41, 5.74) is 1.45. The van der Waals surface area contributed by atoms with Gasteiger partial charge in [0.1, 0.15) is 0 Å². The molecule has 0 bridgehead atoms. The second kappa shape index (κ2) is 6.27. The molecule has 2 aromatic rings. The molecule has 0 radical (unpaired) electrons. The Balaban J connectivity index is 1.92. The average Bonchev–Trinajstić information content (AvgIpc) is 2.92. The van der Waals surface area contributed by atoms with Gasteiger partial charge in [-0.05, 0) is 26.8 Å². The topological polar surface area (TPSA) is 14.1 Å². The van der Waals surface area contributed by atoms with Gasteiger partial charge in [0.2, 0.25) is 0 Å². The number of nitrogens with zero attached hydrogens (tertiary/aromatic N) is 1. The molecule has 1 nitrogen and oxygen atoms in total. The zero-order valence-electron chi connectivity index (χ0n) is 13.7. The fraction of sp³-hybridized carbons (Fsp3) is 0.316. The highest BCUT2D eigenvalue weighted by atomic mass is 31.2. The SMILES string of the molecule is C[Si](C)(C)[N-][P+]1(c2ccccc2)[CH-]C(c2ccccc2)CC1. The Morgan fingerprint density at radius 3 is 2.14 bits per heavy atom. The van der Waals surface area contributed by atoms with E-state index in [2.05, 4.69) is 86.5 Å². The highest BCUT2D eigenvalue weighted by molar-refractivity contribution is 7.89. The van der Waals surface area contributed by atoms with Crippen LogP contribution in [0, 0.1) is 6.16 Å². The van der Waals surface area contributed by atoms with Crippen LogP contribution in [-0.4, -0.2) is 14.4 Å². The van der Waals surface area contributed by atoms with Gasteiger partial charge in [-0.1, -0.05) is 73.7 Å². The van der Waals surface area contributed by atoms with E-state index in [0.29, 0.717) is 5.92 Å². The van der Waals surface area contributed by atoms with Crippen molar-refractivity contribution in [3.63, 3.8) is 0 Å². The summed E-state index contributed by atoms with van der Waals surface area (Å²) in [5.74, 6) is 0.565. The smallest absolute Gasteiger partial charge is 0.0504 e. The third-order valence-electron chi connectivity index (χ3n) is 4.12. The third kappa shape index (κ3) is 3.51. The van der Waals surface area contributed by atoms with Crippen LogP contribution in [0.15, 0.2) is 60.7 Å².